The van der Waals surface area contributed by atoms with Crippen molar-refractivity contribution in [3.63, 3.8) is 0 Å². The van der Waals surface area contributed by atoms with E-state index in [1.54, 1.807) is 0 Å². The van der Waals surface area contributed by atoms with Crippen LogP contribution in [-0.2, 0) is 5.54 Å². The minimum atomic E-state index is 0.0361. The average molecular weight is 247 g/mol. The van der Waals surface area contributed by atoms with E-state index >= 15 is 0 Å². The predicted octanol–water partition coefficient (Wildman–Crippen LogP) is 3.67. The molecule has 92 valence electrons. The summed E-state index contributed by atoms with van der Waals surface area (Å²) in [5, 5.41) is 2.22. The van der Waals surface area contributed by atoms with E-state index in [1.807, 2.05) is 11.3 Å². The van der Waals surface area contributed by atoms with Crippen LogP contribution in [0.15, 0.2) is 11.4 Å². The highest BCUT2D eigenvalue weighted by Gasteiger charge is 2.60. The standard InChI is InChI=1S/C15H21NS/c1-9-5-6-17-14(9)15(16)8-10-7-13(15)12-4-2-3-11(10)12/h5-6,10-13H,2-4,7-8,16H2,1H3. The number of fused-ring (bicyclic) bond motifs is 5. The molecule has 0 aromatic carbocycles. The summed E-state index contributed by atoms with van der Waals surface area (Å²) < 4.78 is 0. The van der Waals surface area contributed by atoms with Gasteiger partial charge in [-0.15, -0.1) is 11.3 Å². The molecule has 0 aliphatic heterocycles. The summed E-state index contributed by atoms with van der Waals surface area (Å²) in [7, 11) is 0. The van der Waals surface area contributed by atoms with E-state index in [9.17, 15) is 0 Å². The van der Waals surface area contributed by atoms with Crippen molar-refractivity contribution < 1.29 is 0 Å². The molecule has 1 aromatic heterocycles. The van der Waals surface area contributed by atoms with Crippen LogP contribution in [-0.4, -0.2) is 0 Å². The zero-order chi connectivity index (χ0) is 11.6. The van der Waals surface area contributed by atoms with Crippen molar-refractivity contribution >= 4 is 11.3 Å². The molecule has 2 N–H and O–H groups in total. The van der Waals surface area contributed by atoms with Crippen molar-refractivity contribution in [2.24, 2.45) is 29.4 Å². The quantitative estimate of drug-likeness (QED) is 0.805. The predicted molar refractivity (Wildman–Crippen MR) is 72.0 cm³/mol. The molecule has 2 bridgehead atoms. The number of rotatable bonds is 1. The van der Waals surface area contributed by atoms with Crippen LogP contribution in [0.4, 0.5) is 0 Å². The van der Waals surface area contributed by atoms with Crippen molar-refractivity contribution in [2.45, 2.75) is 44.6 Å². The van der Waals surface area contributed by atoms with Gasteiger partial charge in [0.15, 0.2) is 0 Å². The molecule has 4 rings (SSSR count). The zero-order valence-corrected chi connectivity index (χ0v) is 11.3. The topological polar surface area (TPSA) is 26.0 Å². The summed E-state index contributed by atoms with van der Waals surface area (Å²) in [6.07, 6.45) is 7.09. The molecule has 0 spiro atoms. The summed E-state index contributed by atoms with van der Waals surface area (Å²) >= 11 is 1.89. The normalized spacial score (nSPS) is 47.6. The second kappa shape index (κ2) is 3.36. The van der Waals surface area contributed by atoms with Crippen molar-refractivity contribution in [2.75, 3.05) is 0 Å². The highest BCUT2D eigenvalue weighted by Crippen LogP contribution is 2.64. The monoisotopic (exact) mass is 247 g/mol. The van der Waals surface area contributed by atoms with Gasteiger partial charge in [0.2, 0.25) is 0 Å². The third kappa shape index (κ3) is 1.23. The summed E-state index contributed by atoms with van der Waals surface area (Å²) in [4.78, 5) is 1.50. The largest absolute Gasteiger partial charge is 0.320 e. The Balaban J connectivity index is 1.75. The Morgan fingerprint density at radius 2 is 2.18 bits per heavy atom. The van der Waals surface area contributed by atoms with Crippen LogP contribution in [0.1, 0.15) is 42.5 Å². The van der Waals surface area contributed by atoms with Gasteiger partial charge >= 0.3 is 0 Å². The molecule has 3 saturated carbocycles. The van der Waals surface area contributed by atoms with Gasteiger partial charge in [0.1, 0.15) is 0 Å². The van der Waals surface area contributed by atoms with Crippen molar-refractivity contribution in [3.8, 4) is 0 Å². The van der Waals surface area contributed by atoms with E-state index < -0.39 is 0 Å². The Labute approximate surface area is 107 Å². The SMILES string of the molecule is Cc1ccsc1C1(N)CC2CC1C1CCCC21. The second-order valence-electron chi connectivity index (χ2n) is 6.54. The molecule has 1 heterocycles. The first-order valence-corrected chi connectivity index (χ1v) is 7.91. The molecule has 1 nitrogen and oxygen atoms in total. The molecule has 5 atom stereocenters. The number of hydrogen-bond acceptors (Lipinski definition) is 2. The first-order valence-electron chi connectivity index (χ1n) is 7.03. The number of hydrogen-bond donors (Lipinski definition) is 1. The summed E-state index contributed by atoms with van der Waals surface area (Å²) in [6, 6.07) is 2.24. The summed E-state index contributed by atoms with van der Waals surface area (Å²) in [5.41, 5.74) is 8.34. The van der Waals surface area contributed by atoms with Crippen LogP contribution in [0.3, 0.4) is 0 Å². The van der Waals surface area contributed by atoms with Crippen molar-refractivity contribution in [3.05, 3.63) is 21.9 Å². The molecule has 3 fully saturated rings. The Morgan fingerprint density at radius 1 is 1.35 bits per heavy atom. The van der Waals surface area contributed by atoms with Gasteiger partial charge in [-0.1, -0.05) is 6.42 Å². The van der Waals surface area contributed by atoms with Crippen LogP contribution < -0.4 is 5.73 Å². The lowest BCUT2D eigenvalue weighted by Gasteiger charge is -2.40. The molecule has 17 heavy (non-hydrogen) atoms. The molecule has 1 aromatic rings. The molecule has 5 unspecified atom stereocenters. The average Bonchev–Trinajstić information content (AvgIpc) is 2.95. The fourth-order valence-electron chi connectivity index (χ4n) is 5.30. The fraction of sp³-hybridized carbons (Fsp3) is 0.733. The van der Waals surface area contributed by atoms with Gasteiger partial charge < -0.3 is 5.73 Å². The Hall–Kier alpha value is -0.340. The van der Waals surface area contributed by atoms with E-state index in [0.29, 0.717) is 0 Å². The Morgan fingerprint density at radius 3 is 2.94 bits per heavy atom. The van der Waals surface area contributed by atoms with Gasteiger partial charge in [0, 0.05) is 4.88 Å². The van der Waals surface area contributed by atoms with E-state index in [1.165, 1.54) is 42.5 Å². The van der Waals surface area contributed by atoms with Gasteiger partial charge in [-0.05, 0) is 73.3 Å². The number of nitrogens with two attached hydrogens (primary N) is 1. The third-order valence-electron chi connectivity index (χ3n) is 5.85. The molecular weight excluding hydrogens is 226 g/mol. The lowest BCUT2D eigenvalue weighted by atomic mass is 9.70. The van der Waals surface area contributed by atoms with E-state index in [-0.39, 0.29) is 5.54 Å². The van der Waals surface area contributed by atoms with Crippen molar-refractivity contribution in [1.82, 2.24) is 0 Å². The van der Waals surface area contributed by atoms with Crippen LogP contribution in [0.2, 0.25) is 0 Å². The molecule has 0 amide bonds. The highest BCUT2D eigenvalue weighted by molar-refractivity contribution is 7.10. The third-order valence-corrected chi connectivity index (χ3v) is 7.06. The zero-order valence-electron chi connectivity index (χ0n) is 10.5. The van der Waals surface area contributed by atoms with E-state index in [2.05, 4.69) is 18.4 Å². The lowest BCUT2D eigenvalue weighted by molar-refractivity contribution is 0.159. The van der Waals surface area contributed by atoms with E-state index in [4.69, 9.17) is 5.73 Å². The summed E-state index contributed by atoms with van der Waals surface area (Å²) in [6.45, 7) is 2.23. The fourth-order valence-corrected chi connectivity index (χ4v) is 6.42. The van der Waals surface area contributed by atoms with Crippen LogP contribution >= 0.6 is 11.3 Å². The molecule has 3 aliphatic carbocycles. The van der Waals surface area contributed by atoms with Gasteiger partial charge in [-0.25, -0.2) is 0 Å². The number of thiophene rings is 1. The van der Waals surface area contributed by atoms with Crippen LogP contribution in [0, 0.1) is 30.6 Å². The van der Waals surface area contributed by atoms with Gasteiger partial charge in [-0.3, -0.25) is 0 Å². The maximum absolute atomic E-state index is 6.88. The minimum Gasteiger partial charge on any atom is -0.320 e. The van der Waals surface area contributed by atoms with Gasteiger partial charge in [-0.2, -0.15) is 0 Å². The molecular formula is C15H21NS. The van der Waals surface area contributed by atoms with Gasteiger partial charge in [0.25, 0.3) is 0 Å². The highest BCUT2D eigenvalue weighted by atomic mass is 32.1. The van der Waals surface area contributed by atoms with E-state index in [0.717, 1.165) is 23.7 Å². The molecule has 0 radical (unpaired) electrons. The Kier molecular flexibility index (Phi) is 2.09. The maximum atomic E-state index is 6.88. The molecule has 3 aliphatic rings. The van der Waals surface area contributed by atoms with Gasteiger partial charge in [0.05, 0.1) is 5.54 Å². The first-order chi connectivity index (χ1) is 8.20. The van der Waals surface area contributed by atoms with Crippen molar-refractivity contribution in [1.29, 1.82) is 0 Å². The van der Waals surface area contributed by atoms with Crippen LogP contribution in [0.5, 0.6) is 0 Å². The molecule has 0 saturated heterocycles. The lowest BCUT2D eigenvalue weighted by Crippen LogP contribution is -2.46. The first kappa shape index (κ1) is 10.6. The maximum Gasteiger partial charge on any atom is 0.0540 e. The minimum absolute atomic E-state index is 0.0361. The van der Waals surface area contributed by atoms with Crippen LogP contribution in [0.25, 0.3) is 0 Å². The molecule has 2 heteroatoms. The second-order valence-corrected chi connectivity index (χ2v) is 7.45. The smallest absolute Gasteiger partial charge is 0.0540 e. The Bertz CT molecular complexity index is 452. The number of aryl methyl sites for hydroxylation is 1. The summed E-state index contributed by atoms with van der Waals surface area (Å²) in [5.74, 6) is 3.73.